The number of carbonyl (C=O) groups is 1. The van der Waals surface area contributed by atoms with Crippen molar-refractivity contribution in [2.45, 2.75) is 31.3 Å². The first-order chi connectivity index (χ1) is 12.7. The molecule has 0 radical (unpaired) electrons. The van der Waals surface area contributed by atoms with Crippen LogP contribution in [0.1, 0.15) is 19.4 Å². The maximum Gasteiger partial charge on any atom is 0.245 e. The molecule has 0 spiro atoms. The van der Waals surface area contributed by atoms with Gasteiger partial charge in [0.1, 0.15) is 10.6 Å². The molecule has 0 heterocycles. The molecule has 1 amide bonds. The molecule has 9 heteroatoms. The Morgan fingerprint density at radius 3 is 2.56 bits per heavy atom. The molecule has 0 bridgehead atoms. The van der Waals surface area contributed by atoms with E-state index in [1.807, 2.05) is 0 Å². The molecule has 0 saturated carbocycles. The number of hydrogen-bond donors (Lipinski definition) is 2. The van der Waals surface area contributed by atoms with Crippen LogP contribution in [0.15, 0.2) is 47.4 Å². The first-order valence-electron chi connectivity index (χ1n) is 8.20. The van der Waals surface area contributed by atoms with E-state index in [4.69, 9.17) is 27.9 Å². The van der Waals surface area contributed by atoms with Crippen LogP contribution in [0.3, 0.4) is 0 Å². The van der Waals surface area contributed by atoms with E-state index >= 15 is 0 Å². The van der Waals surface area contributed by atoms with Crippen molar-refractivity contribution in [3.8, 4) is 5.75 Å². The van der Waals surface area contributed by atoms with Gasteiger partial charge in [0.05, 0.1) is 12.6 Å². The van der Waals surface area contributed by atoms with Gasteiger partial charge in [0.2, 0.25) is 15.9 Å². The van der Waals surface area contributed by atoms with Crippen LogP contribution in [0.25, 0.3) is 0 Å². The lowest BCUT2D eigenvalue weighted by Crippen LogP contribution is -2.44. The van der Waals surface area contributed by atoms with E-state index in [-0.39, 0.29) is 28.8 Å². The Morgan fingerprint density at radius 2 is 1.89 bits per heavy atom. The number of rotatable bonds is 8. The van der Waals surface area contributed by atoms with Gasteiger partial charge in [-0.25, -0.2) is 8.42 Å². The van der Waals surface area contributed by atoms with Crippen LogP contribution in [-0.2, 0) is 21.4 Å². The van der Waals surface area contributed by atoms with Crippen LogP contribution in [0.2, 0.25) is 10.0 Å². The van der Waals surface area contributed by atoms with Crippen molar-refractivity contribution in [1.82, 2.24) is 10.0 Å². The Morgan fingerprint density at radius 1 is 1.19 bits per heavy atom. The monoisotopic (exact) mass is 430 g/mol. The zero-order valence-corrected chi connectivity index (χ0v) is 17.2. The van der Waals surface area contributed by atoms with E-state index in [9.17, 15) is 13.2 Å². The fraction of sp³-hybridized carbons (Fsp3) is 0.278. The maximum atomic E-state index is 12.7. The summed E-state index contributed by atoms with van der Waals surface area (Å²) in [6, 6.07) is 10.4. The molecule has 0 aliphatic carbocycles. The Labute approximate surface area is 168 Å². The van der Waals surface area contributed by atoms with Gasteiger partial charge in [-0.1, -0.05) is 41.4 Å². The summed E-state index contributed by atoms with van der Waals surface area (Å²) >= 11 is 12.0. The molecule has 2 aromatic rings. The maximum absolute atomic E-state index is 12.7. The van der Waals surface area contributed by atoms with E-state index in [2.05, 4.69) is 10.0 Å². The molecular weight excluding hydrogens is 411 g/mol. The Kier molecular flexibility index (Phi) is 7.49. The van der Waals surface area contributed by atoms with Crippen molar-refractivity contribution in [3.63, 3.8) is 0 Å². The van der Waals surface area contributed by atoms with Crippen LogP contribution < -0.4 is 14.8 Å². The van der Waals surface area contributed by atoms with E-state index in [0.29, 0.717) is 5.02 Å². The summed E-state index contributed by atoms with van der Waals surface area (Å²) in [5.41, 5.74) is 0.732. The molecule has 2 N–H and O–H groups in total. The van der Waals surface area contributed by atoms with Gasteiger partial charge >= 0.3 is 0 Å². The quantitative estimate of drug-likeness (QED) is 0.671. The van der Waals surface area contributed by atoms with E-state index in [0.717, 1.165) is 5.56 Å². The standard InChI is InChI=1S/C18H20Cl2N2O4S/c1-3-26-16-9-8-14(19)10-17(16)27(24,25)22-12(2)18(23)21-11-13-6-4-5-7-15(13)20/h4-10,12,22H,3,11H2,1-2H3,(H,21,23). The molecule has 2 rings (SSSR count). The molecule has 1 atom stereocenters. The summed E-state index contributed by atoms with van der Waals surface area (Å²) in [7, 11) is -4.02. The predicted octanol–water partition coefficient (Wildman–Crippen LogP) is 3.38. The van der Waals surface area contributed by atoms with Crippen LogP contribution >= 0.6 is 23.2 Å². The number of halogens is 2. The fourth-order valence-electron chi connectivity index (χ4n) is 2.29. The lowest BCUT2D eigenvalue weighted by Gasteiger charge is -2.17. The normalized spacial score (nSPS) is 12.4. The van der Waals surface area contributed by atoms with Gasteiger partial charge in [0.25, 0.3) is 0 Å². The summed E-state index contributed by atoms with van der Waals surface area (Å²) in [6.45, 7) is 3.66. The van der Waals surface area contributed by atoms with Crippen LogP contribution in [0.4, 0.5) is 0 Å². The number of ether oxygens (including phenoxy) is 1. The lowest BCUT2D eigenvalue weighted by molar-refractivity contribution is -0.122. The Bertz CT molecular complexity index is 919. The number of carbonyl (C=O) groups excluding carboxylic acids is 1. The third-order valence-corrected chi connectivity index (χ3v) is 5.80. The van der Waals surface area contributed by atoms with Crippen molar-refractivity contribution >= 4 is 39.1 Å². The van der Waals surface area contributed by atoms with Gasteiger partial charge in [0.15, 0.2) is 0 Å². The van der Waals surface area contributed by atoms with Crippen LogP contribution in [-0.4, -0.2) is 27.0 Å². The van der Waals surface area contributed by atoms with Gasteiger partial charge in [-0.2, -0.15) is 4.72 Å². The summed E-state index contributed by atoms with van der Waals surface area (Å²) in [6.07, 6.45) is 0. The molecule has 27 heavy (non-hydrogen) atoms. The molecule has 0 aliphatic rings. The summed E-state index contributed by atoms with van der Waals surface area (Å²) in [5.74, 6) is -0.323. The second kappa shape index (κ2) is 9.41. The van der Waals surface area contributed by atoms with Crippen molar-refractivity contribution in [2.75, 3.05) is 6.61 Å². The summed E-state index contributed by atoms with van der Waals surface area (Å²) in [5, 5.41) is 3.42. The van der Waals surface area contributed by atoms with E-state index in [1.54, 1.807) is 31.2 Å². The summed E-state index contributed by atoms with van der Waals surface area (Å²) in [4.78, 5) is 12.2. The topological polar surface area (TPSA) is 84.5 Å². The molecule has 146 valence electrons. The second-order valence-electron chi connectivity index (χ2n) is 5.68. The van der Waals surface area contributed by atoms with Gasteiger partial charge in [0, 0.05) is 16.6 Å². The van der Waals surface area contributed by atoms with Crippen LogP contribution in [0, 0.1) is 0 Å². The molecule has 0 aromatic heterocycles. The average Bonchev–Trinajstić information content (AvgIpc) is 2.62. The lowest BCUT2D eigenvalue weighted by atomic mass is 10.2. The first kappa shape index (κ1) is 21.5. The summed E-state index contributed by atoms with van der Waals surface area (Å²) < 4.78 is 33.0. The molecule has 0 saturated heterocycles. The first-order valence-corrected chi connectivity index (χ1v) is 10.4. The second-order valence-corrected chi connectivity index (χ2v) is 8.20. The molecular formula is C18H20Cl2N2O4S. The number of hydrogen-bond acceptors (Lipinski definition) is 4. The van der Waals surface area contributed by atoms with Crippen molar-refractivity contribution in [2.24, 2.45) is 0 Å². The Balaban J connectivity index is 2.09. The van der Waals surface area contributed by atoms with Gasteiger partial charge in [-0.3, -0.25) is 4.79 Å². The molecule has 2 aromatic carbocycles. The number of amides is 1. The molecule has 0 aliphatic heterocycles. The minimum Gasteiger partial charge on any atom is -0.492 e. The highest BCUT2D eigenvalue weighted by molar-refractivity contribution is 7.89. The highest BCUT2D eigenvalue weighted by Crippen LogP contribution is 2.27. The highest BCUT2D eigenvalue weighted by Gasteiger charge is 2.25. The van der Waals surface area contributed by atoms with Crippen molar-refractivity contribution in [1.29, 1.82) is 0 Å². The fourth-order valence-corrected chi connectivity index (χ4v) is 4.11. The average molecular weight is 431 g/mol. The number of nitrogens with one attached hydrogen (secondary N) is 2. The number of sulfonamides is 1. The zero-order valence-electron chi connectivity index (χ0n) is 14.8. The largest absolute Gasteiger partial charge is 0.492 e. The van der Waals surface area contributed by atoms with Gasteiger partial charge < -0.3 is 10.1 Å². The smallest absolute Gasteiger partial charge is 0.245 e. The van der Waals surface area contributed by atoms with Gasteiger partial charge in [-0.05, 0) is 43.7 Å². The Hall–Kier alpha value is -1.80. The van der Waals surface area contributed by atoms with Gasteiger partial charge in [-0.15, -0.1) is 0 Å². The number of benzene rings is 2. The van der Waals surface area contributed by atoms with Crippen molar-refractivity contribution in [3.05, 3.63) is 58.1 Å². The third kappa shape index (κ3) is 5.84. The van der Waals surface area contributed by atoms with Crippen molar-refractivity contribution < 1.29 is 17.9 Å². The molecule has 1 unspecified atom stereocenters. The third-order valence-electron chi connectivity index (χ3n) is 3.63. The minimum atomic E-state index is -4.02. The predicted molar refractivity (Wildman–Crippen MR) is 106 cm³/mol. The van der Waals surface area contributed by atoms with Crippen LogP contribution in [0.5, 0.6) is 5.75 Å². The minimum absolute atomic E-state index is 0.123. The van der Waals surface area contributed by atoms with E-state index < -0.39 is 22.0 Å². The molecule has 6 nitrogen and oxygen atoms in total. The molecule has 0 fully saturated rings. The zero-order chi connectivity index (χ0) is 20.0. The van der Waals surface area contributed by atoms with E-state index in [1.165, 1.54) is 25.1 Å². The SMILES string of the molecule is CCOc1ccc(Cl)cc1S(=O)(=O)NC(C)C(=O)NCc1ccccc1Cl. The highest BCUT2D eigenvalue weighted by atomic mass is 35.5.